The van der Waals surface area contributed by atoms with Crippen LogP contribution < -0.4 is 14.3 Å². The van der Waals surface area contributed by atoms with Gasteiger partial charge in [0.2, 0.25) is 5.88 Å². The van der Waals surface area contributed by atoms with Gasteiger partial charge in [0.1, 0.15) is 11.5 Å². The van der Waals surface area contributed by atoms with Crippen LogP contribution in [0.15, 0.2) is 23.0 Å². The van der Waals surface area contributed by atoms with Crippen LogP contribution in [-0.4, -0.2) is 23.3 Å². The third-order valence-electron chi connectivity index (χ3n) is 2.63. The van der Waals surface area contributed by atoms with Crippen molar-refractivity contribution in [2.75, 3.05) is 13.2 Å². The van der Waals surface area contributed by atoms with E-state index in [2.05, 4.69) is 4.98 Å². The molecule has 0 amide bonds. The average Bonchev–Trinajstić information content (AvgIpc) is 2.68. The Morgan fingerprint density at radius 2 is 1.75 bits per heavy atom. The van der Waals surface area contributed by atoms with Crippen LogP contribution >= 0.6 is 11.3 Å². The van der Waals surface area contributed by atoms with Gasteiger partial charge in [-0.2, -0.15) is 0 Å². The van der Waals surface area contributed by atoms with E-state index in [0.29, 0.717) is 24.5 Å². The second-order valence-electron chi connectivity index (χ2n) is 4.14. The lowest BCUT2D eigenvalue weighted by molar-refractivity contribution is 0.322. The lowest BCUT2D eigenvalue weighted by Gasteiger charge is -2.10. The predicted octanol–water partition coefficient (Wildman–Crippen LogP) is 2.53. The fraction of sp³-hybridized carbons (Fsp3) is 0.357. The summed E-state index contributed by atoms with van der Waals surface area (Å²) in [6.45, 7) is 4.96. The monoisotopic (exact) mass is 295 g/mol. The Balaban J connectivity index is 2.29. The van der Waals surface area contributed by atoms with E-state index in [0.717, 1.165) is 28.4 Å². The van der Waals surface area contributed by atoms with Crippen molar-refractivity contribution in [3.63, 3.8) is 0 Å². The van der Waals surface area contributed by atoms with E-state index >= 15 is 0 Å². The van der Waals surface area contributed by atoms with E-state index in [1.54, 1.807) is 0 Å². The SMILES string of the molecule is CCOc1cc(Cc2sc(=O)[nH]c2O)cc(OCC)c1. The Kier molecular flexibility index (Phi) is 4.68. The van der Waals surface area contributed by atoms with Gasteiger partial charge in [-0.1, -0.05) is 11.3 Å². The summed E-state index contributed by atoms with van der Waals surface area (Å²) >= 11 is 1.00. The highest BCUT2D eigenvalue weighted by atomic mass is 32.1. The molecule has 1 aromatic carbocycles. The minimum absolute atomic E-state index is 0.0697. The van der Waals surface area contributed by atoms with E-state index < -0.39 is 0 Å². The second-order valence-corrected chi connectivity index (χ2v) is 5.21. The molecule has 2 rings (SSSR count). The number of thiazole rings is 1. The molecule has 0 fully saturated rings. The Bertz CT molecular complexity index is 608. The van der Waals surface area contributed by atoms with Crippen molar-refractivity contribution in [2.45, 2.75) is 20.3 Å². The van der Waals surface area contributed by atoms with Crippen molar-refractivity contribution in [1.29, 1.82) is 0 Å². The highest BCUT2D eigenvalue weighted by molar-refractivity contribution is 7.09. The highest BCUT2D eigenvalue weighted by Gasteiger charge is 2.10. The molecule has 2 N–H and O–H groups in total. The topological polar surface area (TPSA) is 71.6 Å². The lowest BCUT2D eigenvalue weighted by atomic mass is 10.1. The highest BCUT2D eigenvalue weighted by Crippen LogP contribution is 2.27. The quantitative estimate of drug-likeness (QED) is 0.859. The second kappa shape index (κ2) is 6.47. The first-order chi connectivity index (χ1) is 9.62. The molecule has 20 heavy (non-hydrogen) atoms. The summed E-state index contributed by atoms with van der Waals surface area (Å²) in [5.41, 5.74) is 0.921. The van der Waals surface area contributed by atoms with E-state index in [-0.39, 0.29) is 10.8 Å². The zero-order chi connectivity index (χ0) is 14.5. The third kappa shape index (κ3) is 3.54. The Hall–Kier alpha value is -1.95. The minimum atomic E-state index is -0.261. The van der Waals surface area contributed by atoms with Gasteiger partial charge < -0.3 is 14.6 Å². The number of aromatic hydroxyl groups is 1. The molecular formula is C14H17NO4S. The molecule has 0 spiro atoms. The van der Waals surface area contributed by atoms with Crippen molar-refractivity contribution in [2.24, 2.45) is 0 Å². The summed E-state index contributed by atoms with van der Waals surface area (Å²) in [7, 11) is 0. The van der Waals surface area contributed by atoms with Crippen molar-refractivity contribution in [1.82, 2.24) is 4.98 Å². The standard InChI is InChI=1S/C14H17NO4S/c1-3-18-10-5-9(6-11(8-10)19-4-2)7-12-13(16)15-14(17)20-12/h5-6,8,16H,3-4,7H2,1-2H3,(H,15,17). The maximum Gasteiger partial charge on any atom is 0.307 e. The summed E-state index contributed by atoms with van der Waals surface area (Å²) < 4.78 is 11.0. The van der Waals surface area contributed by atoms with Crippen LogP contribution in [0.5, 0.6) is 17.4 Å². The smallest absolute Gasteiger partial charge is 0.307 e. The summed E-state index contributed by atoms with van der Waals surface area (Å²) in [5, 5.41) is 9.63. The molecule has 0 aliphatic heterocycles. The van der Waals surface area contributed by atoms with Crippen LogP contribution in [-0.2, 0) is 6.42 Å². The fourth-order valence-electron chi connectivity index (χ4n) is 1.89. The molecule has 0 saturated heterocycles. The van der Waals surface area contributed by atoms with E-state index in [9.17, 15) is 9.90 Å². The van der Waals surface area contributed by atoms with Gasteiger partial charge in [-0.25, -0.2) is 0 Å². The number of aromatic nitrogens is 1. The van der Waals surface area contributed by atoms with Crippen LogP contribution in [0.25, 0.3) is 0 Å². The summed E-state index contributed by atoms with van der Waals surface area (Å²) in [4.78, 5) is 13.9. The van der Waals surface area contributed by atoms with Gasteiger partial charge >= 0.3 is 4.87 Å². The molecular weight excluding hydrogens is 278 g/mol. The largest absolute Gasteiger partial charge is 0.494 e. The van der Waals surface area contributed by atoms with Gasteiger partial charge in [-0.05, 0) is 31.5 Å². The first-order valence-corrected chi connectivity index (χ1v) is 7.24. The number of aromatic amines is 1. The Morgan fingerprint density at radius 3 is 2.20 bits per heavy atom. The van der Waals surface area contributed by atoms with E-state index in [1.165, 1.54) is 0 Å². The van der Waals surface area contributed by atoms with Crippen molar-refractivity contribution < 1.29 is 14.6 Å². The van der Waals surface area contributed by atoms with Gasteiger partial charge in [-0.3, -0.25) is 9.78 Å². The molecule has 0 aliphatic rings. The molecule has 0 atom stereocenters. The number of H-pyrrole nitrogens is 1. The van der Waals surface area contributed by atoms with E-state index in [4.69, 9.17) is 9.47 Å². The summed E-state index contributed by atoms with van der Waals surface area (Å²) in [6, 6.07) is 5.60. The zero-order valence-corrected chi connectivity index (χ0v) is 12.3. The third-order valence-corrected chi connectivity index (χ3v) is 3.50. The predicted molar refractivity (Wildman–Crippen MR) is 78.2 cm³/mol. The normalized spacial score (nSPS) is 10.5. The minimum Gasteiger partial charge on any atom is -0.494 e. The van der Waals surface area contributed by atoms with Crippen LogP contribution in [0.4, 0.5) is 0 Å². The molecule has 6 heteroatoms. The molecule has 0 radical (unpaired) electrons. The van der Waals surface area contributed by atoms with Gasteiger partial charge in [-0.15, -0.1) is 0 Å². The molecule has 0 unspecified atom stereocenters. The lowest BCUT2D eigenvalue weighted by Crippen LogP contribution is -1.97. The van der Waals surface area contributed by atoms with Crippen LogP contribution in [0.1, 0.15) is 24.3 Å². The maximum absolute atomic E-state index is 11.2. The number of hydrogen-bond donors (Lipinski definition) is 2. The number of benzene rings is 1. The number of ether oxygens (including phenoxy) is 2. The van der Waals surface area contributed by atoms with Crippen LogP contribution in [0.3, 0.4) is 0 Å². The number of rotatable bonds is 6. The number of hydrogen-bond acceptors (Lipinski definition) is 5. The summed E-state index contributed by atoms with van der Waals surface area (Å²) in [5.74, 6) is 1.37. The van der Waals surface area contributed by atoms with Crippen molar-refractivity contribution >= 4 is 11.3 Å². The van der Waals surface area contributed by atoms with Crippen molar-refractivity contribution in [3.05, 3.63) is 38.3 Å². The molecule has 0 aliphatic carbocycles. The Morgan fingerprint density at radius 1 is 1.15 bits per heavy atom. The van der Waals surface area contributed by atoms with Gasteiger partial charge in [0.25, 0.3) is 0 Å². The maximum atomic E-state index is 11.2. The van der Waals surface area contributed by atoms with Gasteiger partial charge in [0.05, 0.1) is 18.1 Å². The van der Waals surface area contributed by atoms with Crippen LogP contribution in [0, 0.1) is 0 Å². The Labute approximate surface area is 120 Å². The molecule has 5 nitrogen and oxygen atoms in total. The first kappa shape index (κ1) is 14.5. The fourth-order valence-corrected chi connectivity index (χ4v) is 2.65. The molecule has 1 heterocycles. The molecule has 108 valence electrons. The van der Waals surface area contributed by atoms with Gasteiger partial charge in [0.15, 0.2) is 0 Å². The van der Waals surface area contributed by atoms with E-state index in [1.807, 2.05) is 32.0 Å². The average molecular weight is 295 g/mol. The zero-order valence-electron chi connectivity index (χ0n) is 11.4. The van der Waals surface area contributed by atoms with Crippen LogP contribution in [0.2, 0.25) is 0 Å². The first-order valence-electron chi connectivity index (χ1n) is 6.42. The molecule has 1 aromatic heterocycles. The molecule has 2 aromatic rings. The summed E-state index contributed by atoms with van der Waals surface area (Å²) in [6.07, 6.45) is 0.455. The molecule has 0 bridgehead atoms. The van der Waals surface area contributed by atoms with Crippen molar-refractivity contribution in [3.8, 4) is 17.4 Å². The van der Waals surface area contributed by atoms with Gasteiger partial charge in [0, 0.05) is 12.5 Å². The number of nitrogens with one attached hydrogen (secondary N) is 1. The molecule has 0 saturated carbocycles.